The maximum Gasteiger partial charge on any atom is 0.217 e. The minimum absolute atomic E-state index is 0.103. The summed E-state index contributed by atoms with van der Waals surface area (Å²) in [7, 11) is 0. The quantitative estimate of drug-likeness (QED) is 0.515. The maximum absolute atomic E-state index is 6.43. The number of benzene rings is 3. The Balaban J connectivity index is 1.69. The number of nitrogens with zero attached hydrogens (tertiary/aromatic N) is 1. The van der Waals surface area contributed by atoms with Crippen molar-refractivity contribution in [3.8, 4) is 0 Å². The summed E-state index contributed by atoms with van der Waals surface area (Å²) in [6.45, 7) is 6.66. The monoisotopic (exact) mass is 369 g/mol. The molecule has 0 saturated heterocycles. The topological polar surface area (TPSA) is 21.6 Å². The molecule has 4 rings (SSSR count). The maximum atomic E-state index is 6.43. The van der Waals surface area contributed by atoms with E-state index < -0.39 is 0 Å². The molecule has 2 atom stereocenters. The smallest absolute Gasteiger partial charge is 0.217 e. The van der Waals surface area contributed by atoms with Crippen molar-refractivity contribution in [2.24, 2.45) is 4.99 Å². The van der Waals surface area contributed by atoms with E-state index in [-0.39, 0.29) is 11.6 Å². The Morgan fingerprint density at radius 2 is 1.46 bits per heavy atom. The number of aliphatic imine (C=N–C) groups is 1. The normalized spacial score (nSPS) is 21.4. The summed E-state index contributed by atoms with van der Waals surface area (Å²) in [4.78, 5) is 5.10. The van der Waals surface area contributed by atoms with Gasteiger partial charge in [-0.2, -0.15) is 0 Å². The van der Waals surface area contributed by atoms with E-state index in [9.17, 15) is 0 Å². The van der Waals surface area contributed by atoms with Crippen molar-refractivity contribution < 1.29 is 4.74 Å². The van der Waals surface area contributed by atoms with E-state index in [1.807, 2.05) is 24.3 Å². The zero-order valence-corrected chi connectivity index (χ0v) is 16.8. The van der Waals surface area contributed by atoms with Crippen molar-refractivity contribution in [2.45, 2.75) is 44.8 Å². The minimum atomic E-state index is -0.355. The molecule has 0 saturated carbocycles. The van der Waals surface area contributed by atoms with E-state index in [0.29, 0.717) is 5.92 Å². The summed E-state index contributed by atoms with van der Waals surface area (Å²) in [6.07, 6.45) is 0.732. The highest BCUT2D eigenvalue weighted by molar-refractivity contribution is 5.95. The third kappa shape index (κ3) is 3.73. The van der Waals surface area contributed by atoms with Gasteiger partial charge < -0.3 is 4.74 Å². The summed E-state index contributed by atoms with van der Waals surface area (Å²) < 4.78 is 6.43. The zero-order valence-electron chi connectivity index (χ0n) is 16.8. The molecule has 3 aromatic rings. The molecule has 1 heterocycles. The Bertz CT molecular complexity index is 945. The average Bonchev–Trinajstić information content (AvgIpc) is 3.07. The second kappa shape index (κ2) is 7.63. The highest BCUT2D eigenvalue weighted by Gasteiger charge is 2.43. The van der Waals surface area contributed by atoms with E-state index in [1.165, 1.54) is 16.7 Å². The highest BCUT2D eigenvalue weighted by Crippen LogP contribution is 2.41. The van der Waals surface area contributed by atoms with Crippen LogP contribution in [0.25, 0.3) is 0 Å². The van der Waals surface area contributed by atoms with Crippen molar-refractivity contribution in [2.75, 3.05) is 0 Å². The van der Waals surface area contributed by atoms with Crippen LogP contribution >= 0.6 is 0 Å². The predicted octanol–water partition coefficient (Wildman–Crippen LogP) is 6.33. The molecule has 0 spiro atoms. The lowest BCUT2D eigenvalue weighted by Crippen LogP contribution is -2.30. The Morgan fingerprint density at radius 1 is 0.857 bits per heavy atom. The van der Waals surface area contributed by atoms with Crippen LogP contribution in [0.2, 0.25) is 0 Å². The second-order valence-corrected chi connectivity index (χ2v) is 8.12. The van der Waals surface area contributed by atoms with Crippen molar-refractivity contribution in [3.05, 3.63) is 107 Å². The lowest BCUT2D eigenvalue weighted by molar-refractivity contribution is 0.147. The molecule has 0 N–H and O–H groups in total. The van der Waals surface area contributed by atoms with Gasteiger partial charge in [-0.05, 0) is 41.7 Å². The molecule has 2 nitrogen and oxygen atoms in total. The van der Waals surface area contributed by atoms with Gasteiger partial charge in [0.05, 0.1) is 0 Å². The van der Waals surface area contributed by atoms with E-state index >= 15 is 0 Å². The molecule has 0 fully saturated rings. The molecule has 1 aliphatic heterocycles. The molecule has 0 bridgehead atoms. The molecule has 0 radical (unpaired) electrons. The third-order valence-corrected chi connectivity index (χ3v) is 5.48. The van der Waals surface area contributed by atoms with Crippen LogP contribution in [0.1, 0.15) is 55.0 Å². The summed E-state index contributed by atoms with van der Waals surface area (Å²) in [5.74, 6) is 1.27. The number of hydrogen-bond donors (Lipinski definition) is 0. The fourth-order valence-corrected chi connectivity index (χ4v) is 3.89. The van der Waals surface area contributed by atoms with Gasteiger partial charge in [0.1, 0.15) is 5.54 Å². The largest absolute Gasteiger partial charge is 0.467 e. The summed E-state index contributed by atoms with van der Waals surface area (Å²) in [6, 6.07) is 29.6. The zero-order chi connectivity index (χ0) is 19.6. The lowest BCUT2D eigenvalue weighted by atomic mass is 9.84. The van der Waals surface area contributed by atoms with Gasteiger partial charge in [0, 0.05) is 12.0 Å². The van der Waals surface area contributed by atoms with Gasteiger partial charge in [0.2, 0.25) is 5.90 Å². The molecular weight excluding hydrogens is 342 g/mol. The van der Waals surface area contributed by atoms with Crippen molar-refractivity contribution in [1.82, 2.24) is 0 Å². The molecule has 0 aromatic heterocycles. The van der Waals surface area contributed by atoms with Gasteiger partial charge in [-0.1, -0.05) is 86.6 Å². The molecule has 0 unspecified atom stereocenters. The first-order valence-corrected chi connectivity index (χ1v) is 10.0. The Kier molecular flexibility index (Phi) is 5.04. The predicted molar refractivity (Wildman–Crippen MR) is 116 cm³/mol. The first-order valence-electron chi connectivity index (χ1n) is 10.0. The van der Waals surface area contributed by atoms with Crippen LogP contribution in [0.5, 0.6) is 0 Å². The number of rotatable bonds is 5. The Labute approximate surface area is 167 Å². The van der Waals surface area contributed by atoms with E-state index in [2.05, 4.69) is 81.4 Å². The Morgan fingerprint density at radius 3 is 2.07 bits per heavy atom. The Hall–Kier alpha value is -2.87. The van der Waals surface area contributed by atoms with Gasteiger partial charge in [-0.3, -0.25) is 0 Å². The van der Waals surface area contributed by atoms with Gasteiger partial charge >= 0.3 is 0 Å². The first kappa shape index (κ1) is 18.5. The number of ether oxygens (including phenoxy) is 1. The van der Waals surface area contributed by atoms with E-state index in [0.717, 1.165) is 17.9 Å². The van der Waals surface area contributed by atoms with Crippen LogP contribution in [0.15, 0.2) is 89.9 Å². The van der Waals surface area contributed by atoms with Gasteiger partial charge in [-0.15, -0.1) is 0 Å². The van der Waals surface area contributed by atoms with Crippen LogP contribution in [0.4, 0.5) is 0 Å². The molecular formula is C26H27NO. The highest BCUT2D eigenvalue weighted by atomic mass is 16.5. The fourth-order valence-electron chi connectivity index (χ4n) is 3.89. The van der Waals surface area contributed by atoms with E-state index in [4.69, 9.17) is 9.73 Å². The van der Waals surface area contributed by atoms with Crippen molar-refractivity contribution in [1.29, 1.82) is 0 Å². The summed E-state index contributed by atoms with van der Waals surface area (Å²) in [5, 5.41) is 0. The molecule has 3 aromatic carbocycles. The summed E-state index contributed by atoms with van der Waals surface area (Å²) >= 11 is 0. The van der Waals surface area contributed by atoms with Gasteiger partial charge in [0.15, 0.2) is 6.10 Å². The van der Waals surface area contributed by atoms with Crippen LogP contribution in [0, 0.1) is 0 Å². The fraction of sp³-hybridized carbons (Fsp3) is 0.269. The molecule has 142 valence electrons. The van der Waals surface area contributed by atoms with Crippen LogP contribution in [-0.4, -0.2) is 11.4 Å². The second-order valence-electron chi connectivity index (χ2n) is 8.12. The van der Waals surface area contributed by atoms with Crippen LogP contribution in [0.3, 0.4) is 0 Å². The van der Waals surface area contributed by atoms with Crippen LogP contribution in [-0.2, 0) is 11.2 Å². The number of hydrogen-bond acceptors (Lipinski definition) is 2. The van der Waals surface area contributed by atoms with Gasteiger partial charge in [-0.25, -0.2) is 4.99 Å². The molecule has 0 aliphatic carbocycles. The third-order valence-electron chi connectivity index (χ3n) is 5.48. The lowest BCUT2D eigenvalue weighted by Gasteiger charge is -2.28. The van der Waals surface area contributed by atoms with Crippen molar-refractivity contribution in [3.63, 3.8) is 0 Å². The molecule has 1 aliphatic rings. The SMILES string of the molecule is CC(C)c1ccc(C[C@]2(C)N=C(c3ccccc3)O[C@H]2c2ccccc2)cc1. The van der Waals surface area contributed by atoms with Crippen molar-refractivity contribution >= 4 is 5.90 Å². The summed E-state index contributed by atoms with van der Waals surface area (Å²) in [5.41, 5.74) is 4.49. The minimum Gasteiger partial charge on any atom is -0.467 e. The van der Waals surface area contributed by atoms with E-state index in [1.54, 1.807) is 0 Å². The standard InChI is InChI=1S/C26H27NO/c1-19(2)21-16-14-20(15-17-21)18-26(3)24(22-10-6-4-7-11-22)28-25(27-26)23-12-8-5-9-13-23/h4-17,19,24H,18H2,1-3H3/t24-,26-/m0/s1. The first-order chi connectivity index (χ1) is 13.5. The molecule has 0 amide bonds. The van der Waals surface area contributed by atoms with Crippen LogP contribution < -0.4 is 0 Å². The molecule has 28 heavy (non-hydrogen) atoms. The average molecular weight is 370 g/mol. The molecule has 2 heteroatoms. The van der Waals surface area contributed by atoms with Gasteiger partial charge in [0.25, 0.3) is 0 Å².